The summed E-state index contributed by atoms with van der Waals surface area (Å²) in [6.07, 6.45) is 6.73. The van der Waals surface area contributed by atoms with E-state index in [4.69, 9.17) is 11.0 Å². The van der Waals surface area contributed by atoms with Gasteiger partial charge in [0.2, 0.25) is 5.91 Å². The third-order valence-corrected chi connectivity index (χ3v) is 3.56. The second-order valence-electron chi connectivity index (χ2n) is 4.79. The van der Waals surface area contributed by atoms with Gasteiger partial charge in [0.15, 0.2) is 0 Å². The largest absolute Gasteiger partial charge is 0.356 e. The molecular weight excluding hydrogens is 214 g/mol. The lowest BCUT2D eigenvalue weighted by atomic mass is 9.79. The van der Waals surface area contributed by atoms with E-state index in [9.17, 15) is 4.79 Å². The predicted octanol–water partition coefficient (Wildman–Crippen LogP) is 1.56. The number of nitrogens with one attached hydrogen (secondary N) is 1. The van der Waals surface area contributed by atoms with Crippen molar-refractivity contribution < 1.29 is 4.79 Å². The summed E-state index contributed by atoms with van der Waals surface area (Å²) in [4.78, 5) is 12.0. The number of carbonyl (C=O) groups excluding carboxylic acids is 1. The van der Waals surface area contributed by atoms with E-state index < -0.39 is 0 Å². The summed E-state index contributed by atoms with van der Waals surface area (Å²) in [6, 6.07) is 2.11. The van der Waals surface area contributed by atoms with Gasteiger partial charge in [0.05, 0.1) is 6.07 Å². The monoisotopic (exact) mass is 237 g/mol. The molecule has 1 aliphatic rings. The van der Waals surface area contributed by atoms with Crippen molar-refractivity contribution in [1.82, 2.24) is 5.32 Å². The Labute approximate surface area is 104 Å². The first-order chi connectivity index (χ1) is 8.29. The van der Waals surface area contributed by atoms with E-state index in [1.807, 2.05) is 0 Å². The van der Waals surface area contributed by atoms with Gasteiger partial charge in [-0.2, -0.15) is 5.26 Å². The molecule has 2 atom stereocenters. The van der Waals surface area contributed by atoms with E-state index >= 15 is 0 Å². The molecule has 0 aromatic carbocycles. The number of carbonyl (C=O) groups is 1. The van der Waals surface area contributed by atoms with Crippen molar-refractivity contribution in [3.05, 3.63) is 0 Å². The van der Waals surface area contributed by atoms with Gasteiger partial charge in [0.25, 0.3) is 0 Å². The van der Waals surface area contributed by atoms with Crippen LogP contribution in [-0.4, -0.2) is 19.0 Å². The summed E-state index contributed by atoms with van der Waals surface area (Å²) < 4.78 is 0. The van der Waals surface area contributed by atoms with Crippen LogP contribution in [0.3, 0.4) is 0 Å². The molecule has 1 rings (SSSR count). The quantitative estimate of drug-likeness (QED) is 0.688. The summed E-state index contributed by atoms with van der Waals surface area (Å²) in [6.45, 7) is 1.31. The summed E-state index contributed by atoms with van der Waals surface area (Å²) in [5.74, 6) is 0.643. The standard InChI is InChI=1S/C13H23N3O/c14-8-4-1-5-9-16-13(17)12-7-3-2-6-11(12)10-15/h11-12H,1-7,9-10,15H2,(H,16,17). The van der Waals surface area contributed by atoms with Crippen LogP contribution in [0.2, 0.25) is 0 Å². The van der Waals surface area contributed by atoms with Gasteiger partial charge in [0.1, 0.15) is 0 Å². The maximum atomic E-state index is 12.0. The van der Waals surface area contributed by atoms with Gasteiger partial charge >= 0.3 is 0 Å². The molecule has 1 aliphatic carbocycles. The van der Waals surface area contributed by atoms with Crippen LogP contribution >= 0.6 is 0 Å². The topological polar surface area (TPSA) is 78.9 Å². The first kappa shape index (κ1) is 14.0. The van der Waals surface area contributed by atoms with E-state index in [1.165, 1.54) is 6.42 Å². The van der Waals surface area contributed by atoms with Crippen LogP contribution in [0.1, 0.15) is 44.9 Å². The van der Waals surface area contributed by atoms with Crippen LogP contribution in [0, 0.1) is 23.2 Å². The summed E-state index contributed by atoms with van der Waals surface area (Å²) in [7, 11) is 0. The molecule has 0 spiro atoms. The minimum absolute atomic E-state index is 0.115. The van der Waals surface area contributed by atoms with E-state index in [0.717, 1.165) is 32.1 Å². The molecule has 1 amide bonds. The Kier molecular flexibility index (Phi) is 6.64. The lowest BCUT2D eigenvalue weighted by Gasteiger charge is -2.29. The van der Waals surface area contributed by atoms with Crippen molar-refractivity contribution in [3.8, 4) is 6.07 Å². The molecule has 3 N–H and O–H groups in total. The van der Waals surface area contributed by atoms with Crippen LogP contribution in [0.4, 0.5) is 0 Å². The van der Waals surface area contributed by atoms with E-state index in [1.54, 1.807) is 0 Å². The minimum atomic E-state index is 0.115. The average Bonchev–Trinajstić information content (AvgIpc) is 2.38. The molecular formula is C13H23N3O. The third kappa shape index (κ3) is 4.74. The smallest absolute Gasteiger partial charge is 0.223 e. The Balaban J connectivity index is 2.23. The fraction of sp³-hybridized carbons (Fsp3) is 0.846. The molecule has 0 radical (unpaired) electrons. The molecule has 0 aromatic rings. The molecule has 17 heavy (non-hydrogen) atoms. The van der Waals surface area contributed by atoms with Crippen LogP contribution in [0.25, 0.3) is 0 Å². The molecule has 0 saturated heterocycles. The van der Waals surface area contributed by atoms with Crippen LogP contribution in [-0.2, 0) is 4.79 Å². The van der Waals surface area contributed by atoms with Crippen molar-refractivity contribution in [1.29, 1.82) is 5.26 Å². The number of hydrogen-bond donors (Lipinski definition) is 2. The molecule has 0 bridgehead atoms. The molecule has 0 aliphatic heterocycles. The number of unbranched alkanes of at least 4 members (excludes halogenated alkanes) is 2. The first-order valence-electron chi connectivity index (χ1n) is 6.64. The van der Waals surface area contributed by atoms with Gasteiger partial charge in [-0.05, 0) is 38.1 Å². The molecule has 4 nitrogen and oxygen atoms in total. The Hall–Kier alpha value is -1.08. The minimum Gasteiger partial charge on any atom is -0.356 e. The van der Waals surface area contributed by atoms with Crippen LogP contribution < -0.4 is 11.1 Å². The highest BCUT2D eigenvalue weighted by Crippen LogP contribution is 2.29. The van der Waals surface area contributed by atoms with Crippen molar-refractivity contribution in [2.24, 2.45) is 17.6 Å². The van der Waals surface area contributed by atoms with Gasteiger partial charge < -0.3 is 11.1 Å². The third-order valence-electron chi connectivity index (χ3n) is 3.56. The Morgan fingerprint density at radius 3 is 2.82 bits per heavy atom. The van der Waals surface area contributed by atoms with Gasteiger partial charge in [-0.15, -0.1) is 0 Å². The summed E-state index contributed by atoms with van der Waals surface area (Å²) >= 11 is 0. The fourth-order valence-electron chi connectivity index (χ4n) is 2.51. The average molecular weight is 237 g/mol. The molecule has 2 unspecified atom stereocenters. The predicted molar refractivity (Wildman–Crippen MR) is 67.0 cm³/mol. The van der Waals surface area contributed by atoms with Crippen molar-refractivity contribution >= 4 is 5.91 Å². The fourth-order valence-corrected chi connectivity index (χ4v) is 2.51. The summed E-state index contributed by atoms with van der Waals surface area (Å²) in [5, 5.41) is 11.4. The van der Waals surface area contributed by atoms with Crippen LogP contribution in [0.5, 0.6) is 0 Å². The van der Waals surface area contributed by atoms with E-state index in [0.29, 0.717) is 25.4 Å². The van der Waals surface area contributed by atoms with Gasteiger partial charge in [0, 0.05) is 18.9 Å². The zero-order chi connectivity index (χ0) is 12.5. The molecule has 0 heterocycles. The van der Waals surface area contributed by atoms with E-state index in [2.05, 4.69) is 11.4 Å². The zero-order valence-corrected chi connectivity index (χ0v) is 10.5. The number of rotatable bonds is 6. The SMILES string of the molecule is N#CCCCCNC(=O)C1CCCCC1CN. The first-order valence-corrected chi connectivity index (χ1v) is 6.64. The maximum absolute atomic E-state index is 12.0. The number of hydrogen-bond acceptors (Lipinski definition) is 3. The molecule has 1 fully saturated rings. The highest BCUT2D eigenvalue weighted by molar-refractivity contribution is 5.79. The maximum Gasteiger partial charge on any atom is 0.223 e. The number of amides is 1. The highest BCUT2D eigenvalue weighted by atomic mass is 16.1. The van der Waals surface area contributed by atoms with Gasteiger partial charge in [-0.3, -0.25) is 4.79 Å². The highest BCUT2D eigenvalue weighted by Gasteiger charge is 2.29. The Morgan fingerprint density at radius 2 is 2.12 bits per heavy atom. The second-order valence-corrected chi connectivity index (χ2v) is 4.79. The summed E-state index contributed by atoms with van der Waals surface area (Å²) in [5.41, 5.74) is 5.71. The van der Waals surface area contributed by atoms with Crippen molar-refractivity contribution in [3.63, 3.8) is 0 Å². The number of nitriles is 1. The second kappa shape index (κ2) is 8.08. The Morgan fingerprint density at radius 1 is 1.35 bits per heavy atom. The normalized spacial score (nSPS) is 24.0. The van der Waals surface area contributed by atoms with Gasteiger partial charge in [-0.1, -0.05) is 12.8 Å². The lowest BCUT2D eigenvalue weighted by Crippen LogP contribution is -2.39. The molecule has 96 valence electrons. The molecule has 1 saturated carbocycles. The molecule has 0 aromatic heterocycles. The molecule has 4 heteroatoms. The number of nitrogens with two attached hydrogens (primary N) is 1. The Bertz CT molecular complexity index is 272. The van der Waals surface area contributed by atoms with Gasteiger partial charge in [-0.25, -0.2) is 0 Å². The van der Waals surface area contributed by atoms with Crippen molar-refractivity contribution in [2.75, 3.05) is 13.1 Å². The van der Waals surface area contributed by atoms with Crippen molar-refractivity contribution in [2.45, 2.75) is 44.9 Å². The number of nitrogens with zero attached hydrogens (tertiary/aromatic N) is 1. The zero-order valence-electron chi connectivity index (χ0n) is 10.5. The lowest BCUT2D eigenvalue weighted by molar-refractivity contribution is -0.127. The van der Waals surface area contributed by atoms with Crippen LogP contribution in [0.15, 0.2) is 0 Å². The van der Waals surface area contributed by atoms with E-state index in [-0.39, 0.29) is 11.8 Å².